The van der Waals surface area contributed by atoms with E-state index in [2.05, 4.69) is 32.0 Å². The van der Waals surface area contributed by atoms with Crippen molar-refractivity contribution in [1.29, 1.82) is 0 Å². The first kappa shape index (κ1) is 13.8. The lowest BCUT2D eigenvalue weighted by molar-refractivity contribution is -0.0887. The summed E-state index contributed by atoms with van der Waals surface area (Å²) in [5, 5.41) is 10.9. The highest BCUT2D eigenvalue weighted by atomic mass is 16.3. The van der Waals surface area contributed by atoms with Crippen molar-refractivity contribution >= 4 is 0 Å². The number of hydrogen-bond acceptors (Lipinski definition) is 1. The fourth-order valence-corrected chi connectivity index (χ4v) is 5.90. The third-order valence-corrected chi connectivity index (χ3v) is 6.76. The van der Waals surface area contributed by atoms with Gasteiger partial charge < -0.3 is 5.11 Å². The molecule has 114 valence electrons. The Labute approximate surface area is 128 Å². The second-order valence-corrected chi connectivity index (χ2v) is 8.20. The van der Waals surface area contributed by atoms with Gasteiger partial charge in [-0.1, -0.05) is 18.2 Å². The Balaban J connectivity index is 1.49. The van der Waals surface area contributed by atoms with Crippen molar-refractivity contribution in [3.8, 4) is 0 Å². The third kappa shape index (κ3) is 2.44. The Morgan fingerprint density at radius 1 is 0.952 bits per heavy atom. The highest BCUT2D eigenvalue weighted by Gasteiger charge is 2.50. The minimum atomic E-state index is -0.123. The summed E-state index contributed by atoms with van der Waals surface area (Å²) in [5.74, 6) is 4.22. The molecular formula is C20H28O. The fourth-order valence-electron chi connectivity index (χ4n) is 5.90. The lowest BCUT2D eigenvalue weighted by atomic mass is 9.50. The van der Waals surface area contributed by atoms with E-state index < -0.39 is 0 Å². The number of rotatable bonds is 3. The standard InChI is InChI=1S/C20H28O/c1-12-3-4-14(5-13(12)2)11-19(21)20-17-7-15-6-16(9-17)10-18(20)8-15/h3-5,15-21H,6-11H2,1-2H3. The summed E-state index contributed by atoms with van der Waals surface area (Å²) in [6.07, 6.45) is 7.84. The van der Waals surface area contributed by atoms with E-state index in [1.807, 2.05) is 0 Å². The summed E-state index contributed by atoms with van der Waals surface area (Å²) in [5.41, 5.74) is 4.02. The predicted molar refractivity (Wildman–Crippen MR) is 86.2 cm³/mol. The first-order chi connectivity index (χ1) is 10.1. The van der Waals surface area contributed by atoms with Crippen molar-refractivity contribution in [3.05, 3.63) is 34.9 Å². The van der Waals surface area contributed by atoms with Crippen LogP contribution in [-0.2, 0) is 6.42 Å². The van der Waals surface area contributed by atoms with Gasteiger partial charge in [-0.2, -0.15) is 0 Å². The summed E-state index contributed by atoms with van der Waals surface area (Å²) in [6.45, 7) is 4.33. The summed E-state index contributed by atoms with van der Waals surface area (Å²) < 4.78 is 0. The van der Waals surface area contributed by atoms with E-state index in [1.165, 1.54) is 48.8 Å². The van der Waals surface area contributed by atoms with Crippen LogP contribution in [0, 0.1) is 43.4 Å². The van der Waals surface area contributed by atoms with Crippen LogP contribution in [0.15, 0.2) is 18.2 Å². The Morgan fingerprint density at radius 2 is 1.57 bits per heavy atom. The Morgan fingerprint density at radius 3 is 2.14 bits per heavy atom. The average molecular weight is 284 g/mol. The molecule has 4 saturated carbocycles. The minimum Gasteiger partial charge on any atom is -0.392 e. The molecule has 21 heavy (non-hydrogen) atoms. The van der Waals surface area contributed by atoms with Gasteiger partial charge in [-0.15, -0.1) is 0 Å². The van der Waals surface area contributed by atoms with Gasteiger partial charge in [-0.05, 0) is 98.7 Å². The van der Waals surface area contributed by atoms with Crippen LogP contribution in [0.1, 0.15) is 48.8 Å². The lowest BCUT2D eigenvalue weighted by Gasteiger charge is -2.55. The maximum atomic E-state index is 10.9. The predicted octanol–water partition coefficient (Wildman–Crippen LogP) is 4.28. The van der Waals surface area contributed by atoms with Crippen molar-refractivity contribution in [2.24, 2.45) is 29.6 Å². The summed E-state index contributed by atoms with van der Waals surface area (Å²) in [4.78, 5) is 0. The van der Waals surface area contributed by atoms with Gasteiger partial charge in [0.05, 0.1) is 6.10 Å². The highest BCUT2D eigenvalue weighted by Crippen LogP contribution is 2.57. The maximum absolute atomic E-state index is 10.9. The van der Waals surface area contributed by atoms with Gasteiger partial charge >= 0.3 is 0 Å². The molecule has 0 spiro atoms. The molecular weight excluding hydrogens is 256 g/mol. The van der Waals surface area contributed by atoms with Crippen LogP contribution in [0.25, 0.3) is 0 Å². The van der Waals surface area contributed by atoms with E-state index in [0.717, 1.165) is 30.1 Å². The van der Waals surface area contributed by atoms with Crippen molar-refractivity contribution in [2.45, 2.75) is 58.5 Å². The Hall–Kier alpha value is -0.820. The number of hydrogen-bond donors (Lipinski definition) is 1. The highest BCUT2D eigenvalue weighted by molar-refractivity contribution is 5.30. The molecule has 1 heteroatoms. The van der Waals surface area contributed by atoms with Crippen LogP contribution in [-0.4, -0.2) is 11.2 Å². The zero-order chi connectivity index (χ0) is 14.6. The molecule has 0 amide bonds. The number of aliphatic hydroxyl groups excluding tert-OH is 1. The van der Waals surface area contributed by atoms with Crippen molar-refractivity contribution in [1.82, 2.24) is 0 Å². The van der Waals surface area contributed by atoms with Crippen LogP contribution < -0.4 is 0 Å². The molecule has 0 heterocycles. The van der Waals surface area contributed by atoms with E-state index in [9.17, 15) is 5.11 Å². The van der Waals surface area contributed by atoms with E-state index in [4.69, 9.17) is 0 Å². The number of benzene rings is 1. The zero-order valence-electron chi connectivity index (χ0n) is 13.4. The van der Waals surface area contributed by atoms with Gasteiger partial charge in [-0.3, -0.25) is 0 Å². The number of aryl methyl sites for hydroxylation is 2. The molecule has 0 aromatic heterocycles. The van der Waals surface area contributed by atoms with Crippen molar-refractivity contribution in [2.75, 3.05) is 0 Å². The van der Waals surface area contributed by atoms with Gasteiger partial charge in [0.2, 0.25) is 0 Å². The molecule has 5 rings (SSSR count). The molecule has 0 saturated heterocycles. The quantitative estimate of drug-likeness (QED) is 0.878. The van der Waals surface area contributed by atoms with Crippen molar-refractivity contribution < 1.29 is 5.11 Å². The third-order valence-electron chi connectivity index (χ3n) is 6.76. The zero-order valence-corrected chi connectivity index (χ0v) is 13.4. The summed E-state index contributed by atoms with van der Waals surface area (Å²) in [7, 11) is 0. The molecule has 0 radical (unpaired) electrons. The van der Waals surface area contributed by atoms with Gasteiger partial charge in [0.25, 0.3) is 0 Å². The molecule has 4 bridgehead atoms. The normalized spacial score (nSPS) is 38.7. The van der Waals surface area contributed by atoms with Gasteiger partial charge in [0, 0.05) is 0 Å². The molecule has 1 aromatic rings. The van der Waals surface area contributed by atoms with E-state index in [0.29, 0.717) is 5.92 Å². The topological polar surface area (TPSA) is 20.2 Å². The Kier molecular flexibility index (Phi) is 3.37. The first-order valence-electron chi connectivity index (χ1n) is 8.84. The number of aliphatic hydroxyl groups is 1. The maximum Gasteiger partial charge on any atom is 0.0614 e. The molecule has 4 aliphatic carbocycles. The smallest absolute Gasteiger partial charge is 0.0614 e. The molecule has 4 aliphatic rings. The second kappa shape index (κ2) is 5.12. The molecule has 1 nitrogen and oxygen atoms in total. The van der Waals surface area contributed by atoms with Crippen molar-refractivity contribution in [3.63, 3.8) is 0 Å². The largest absolute Gasteiger partial charge is 0.392 e. The molecule has 1 aromatic carbocycles. The molecule has 0 aliphatic heterocycles. The monoisotopic (exact) mass is 284 g/mol. The molecule has 1 N–H and O–H groups in total. The SMILES string of the molecule is Cc1ccc(CC(O)C2C3CC4CC(C3)CC2C4)cc1C. The van der Waals surface area contributed by atoms with Crippen LogP contribution in [0.4, 0.5) is 0 Å². The summed E-state index contributed by atoms with van der Waals surface area (Å²) in [6, 6.07) is 6.69. The minimum absolute atomic E-state index is 0.123. The molecule has 1 unspecified atom stereocenters. The molecule has 4 fully saturated rings. The van der Waals surface area contributed by atoms with Crippen LogP contribution >= 0.6 is 0 Å². The average Bonchev–Trinajstić information content (AvgIpc) is 2.41. The lowest BCUT2D eigenvalue weighted by Crippen LogP contribution is -2.49. The second-order valence-electron chi connectivity index (χ2n) is 8.20. The van der Waals surface area contributed by atoms with Crippen LogP contribution in [0.5, 0.6) is 0 Å². The van der Waals surface area contributed by atoms with Gasteiger partial charge in [0.15, 0.2) is 0 Å². The van der Waals surface area contributed by atoms with Crippen LogP contribution in [0.2, 0.25) is 0 Å². The van der Waals surface area contributed by atoms with Gasteiger partial charge in [0.1, 0.15) is 0 Å². The first-order valence-corrected chi connectivity index (χ1v) is 8.84. The summed E-state index contributed by atoms with van der Waals surface area (Å²) >= 11 is 0. The van der Waals surface area contributed by atoms with E-state index >= 15 is 0 Å². The fraction of sp³-hybridized carbons (Fsp3) is 0.700. The van der Waals surface area contributed by atoms with E-state index in [-0.39, 0.29) is 6.10 Å². The van der Waals surface area contributed by atoms with Gasteiger partial charge in [-0.25, -0.2) is 0 Å². The van der Waals surface area contributed by atoms with Crippen LogP contribution in [0.3, 0.4) is 0 Å². The molecule has 1 atom stereocenters. The van der Waals surface area contributed by atoms with E-state index in [1.54, 1.807) is 0 Å². The Bertz CT molecular complexity index is 505.